The Hall–Kier alpha value is -1.98. The van der Waals surface area contributed by atoms with Gasteiger partial charge < -0.3 is 0 Å². The van der Waals surface area contributed by atoms with Gasteiger partial charge in [0.25, 0.3) is 5.69 Å². The fourth-order valence-corrected chi connectivity index (χ4v) is 2.14. The highest BCUT2D eigenvalue weighted by atomic mass is 16.6. The van der Waals surface area contributed by atoms with E-state index in [1.165, 1.54) is 12.1 Å². The smallest absolute Gasteiger partial charge is 0.264 e. The van der Waals surface area contributed by atoms with Crippen LogP contribution in [0.25, 0.3) is 0 Å². The number of nitrogens with zero attached hydrogens (tertiary/aromatic N) is 2. The van der Waals surface area contributed by atoms with Crippen molar-refractivity contribution in [2.24, 2.45) is 0 Å². The maximum atomic E-state index is 11.3. The van der Waals surface area contributed by atoms with E-state index in [1.807, 2.05) is 13.8 Å². The molecule has 0 spiro atoms. The van der Waals surface area contributed by atoms with Crippen LogP contribution in [-0.4, -0.2) is 15.4 Å². The number of nitro benzene ring substituents is 1. The van der Waals surface area contributed by atoms with Crippen molar-refractivity contribution in [3.63, 3.8) is 0 Å². The summed E-state index contributed by atoms with van der Waals surface area (Å²) in [4.78, 5) is 21.1. The fraction of sp³-hybridized carbons (Fsp3) is 0.538. The van der Waals surface area contributed by atoms with Gasteiger partial charge in [0, 0.05) is 30.9 Å². The molecule has 0 bridgehead atoms. The lowest BCUT2D eigenvalue weighted by molar-refractivity contribution is -0.574. The highest BCUT2D eigenvalue weighted by Gasteiger charge is 2.50. The van der Waals surface area contributed by atoms with Crippen molar-refractivity contribution < 1.29 is 9.85 Å². The Bertz CT molecular complexity index is 496. The molecule has 104 valence electrons. The summed E-state index contributed by atoms with van der Waals surface area (Å²) in [5.41, 5.74) is -1.12. The molecule has 0 aliphatic heterocycles. The number of nitro groups is 2. The monoisotopic (exact) mass is 266 g/mol. The lowest BCUT2D eigenvalue weighted by atomic mass is 9.67. The Kier molecular flexibility index (Phi) is 3.93. The molecule has 0 radical (unpaired) electrons. The Morgan fingerprint density at radius 2 is 1.53 bits per heavy atom. The van der Waals surface area contributed by atoms with Gasteiger partial charge in [-0.15, -0.1) is 0 Å². The van der Waals surface area contributed by atoms with Gasteiger partial charge in [-0.3, -0.25) is 20.2 Å². The van der Waals surface area contributed by atoms with E-state index >= 15 is 0 Å². The van der Waals surface area contributed by atoms with Gasteiger partial charge in [0.15, 0.2) is 0 Å². The van der Waals surface area contributed by atoms with Crippen LogP contribution >= 0.6 is 0 Å². The second kappa shape index (κ2) is 4.95. The van der Waals surface area contributed by atoms with Gasteiger partial charge >= 0.3 is 0 Å². The van der Waals surface area contributed by atoms with Gasteiger partial charge in [0.1, 0.15) is 0 Å². The van der Waals surface area contributed by atoms with E-state index in [0.717, 1.165) is 5.56 Å². The molecular weight excluding hydrogens is 248 g/mol. The van der Waals surface area contributed by atoms with Crippen LogP contribution in [-0.2, 0) is 5.41 Å². The Labute approximate surface area is 111 Å². The molecule has 0 aliphatic rings. The molecule has 0 N–H and O–H groups in total. The molecule has 0 heterocycles. The predicted molar refractivity (Wildman–Crippen MR) is 71.8 cm³/mol. The van der Waals surface area contributed by atoms with Crippen molar-refractivity contribution in [1.82, 2.24) is 0 Å². The first-order chi connectivity index (χ1) is 8.66. The summed E-state index contributed by atoms with van der Waals surface area (Å²) in [6.07, 6.45) is 0.568. The molecule has 0 aromatic heterocycles. The van der Waals surface area contributed by atoms with E-state index in [1.54, 1.807) is 26.0 Å². The van der Waals surface area contributed by atoms with E-state index in [0.29, 0.717) is 6.42 Å². The molecule has 6 heteroatoms. The zero-order valence-electron chi connectivity index (χ0n) is 11.5. The molecule has 0 aliphatic carbocycles. The molecule has 1 atom stereocenters. The molecular formula is C13H18N2O4. The van der Waals surface area contributed by atoms with Gasteiger partial charge in [-0.1, -0.05) is 19.1 Å². The average molecular weight is 266 g/mol. The summed E-state index contributed by atoms with van der Waals surface area (Å²) in [6.45, 7) is 6.86. The second-order valence-corrected chi connectivity index (χ2v) is 5.31. The number of rotatable bonds is 5. The standard InChI is InChI=1S/C13H18N2O4/c1-5-13(4,12(2,3)15(18)19)10-6-8-11(9-7-10)14(16)17/h6-9H,5H2,1-4H3/t13-/m1/s1. The molecule has 6 nitrogen and oxygen atoms in total. The number of benzene rings is 1. The van der Waals surface area contributed by atoms with Crippen molar-refractivity contribution in [3.8, 4) is 0 Å². The van der Waals surface area contributed by atoms with Crippen LogP contribution in [0.5, 0.6) is 0 Å². The SMILES string of the molecule is CC[C@](C)(c1ccc([N+](=O)[O-])cc1)C(C)(C)[N+](=O)[O-]. The summed E-state index contributed by atoms with van der Waals surface area (Å²) in [5, 5.41) is 21.9. The average Bonchev–Trinajstić information content (AvgIpc) is 2.37. The highest BCUT2D eigenvalue weighted by molar-refractivity contribution is 5.37. The normalized spacial score (nSPS) is 14.7. The zero-order chi connectivity index (χ0) is 14.8. The summed E-state index contributed by atoms with van der Waals surface area (Å²) >= 11 is 0. The van der Waals surface area contributed by atoms with Crippen LogP contribution < -0.4 is 0 Å². The third kappa shape index (κ3) is 2.43. The lowest BCUT2D eigenvalue weighted by Gasteiger charge is -2.37. The first-order valence-electron chi connectivity index (χ1n) is 6.06. The molecule has 19 heavy (non-hydrogen) atoms. The molecule has 0 saturated carbocycles. The summed E-state index contributed by atoms with van der Waals surface area (Å²) in [5.74, 6) is 0. The quantitative estimate of drug-likeness (QED) is 0.604. The molecule has 0 saturated heterocycles. The van der Waals surface area contributed by atoms with E-state index in [9.17, 15) is 20.2 Å². The maximum Gasteiger partial charge on any atom is 0.269 e. The number of hydrogen-bond donors (Lipinski definition) is 0. The largest absolute Gasteiger partial charge is 0.269 e. The van der Waals surface area contributed by atoms with Gasteiger partial charge in [-0.05, 0) is 18.9 Å². The van der Waals surface area contributed by atoms with Gasteiger partial charge in [-0.25, -0.2) is 0 Å². The first kappa shape index (κ1) is 15.1. The first-order valence-corrected chi connectivity index (χ1v) is 6.06. The number of hydrogen-bond acceptors (Lipinski definition) is 4. The van der Waals surface area contributed by atoms with E-state index in [-0.39, 0.29) is 10.6 Å². The number of non-ortho nitro benzene ring substituents is 1. The molecule has 1 rings (SSSR count). The van der Waals surface area contributed by atoms with E-state index in [4.69, 9.17) is 0 Å². The van der Waals surface area contributed by atoms with Crippen LogP contribution in [0.1, 0.15) is 39.7 Å². The van der Waals surface area contributed by atoms with Crippen LogP contribution in [0, 0.1) is 20.2 Å². The van der Waals surface area contributed by atoms with Crippen LogP contribution in [0.3, 0.4) is 0 Å². The summed E-state index contributed by atoms with van der Waals surface area (Å²) in [7, 11) is 0. The maximum absolute atomic E-state index is 11.3. The lowest BCUT2D eigenvalue weighted by Crippen LogP contribution is -2.50. The highest BCUT2D eigenvalue weighted by Crippen LogP contribution is 2.40. The van der Waals surface area contributed by atoms with Crippen LogP contribution in [0.15, 0.2) is 24.3 Å². The van der Waals surface area contributed by atoms with Crippen LogP contribution in [0.2, 0.25) is 0 Å². The minimum absolute atomic E-state index is 0.0129. The summed E-state index contributed by atoms with van der Waals surface area (Å²) in [6, 6.07) is 5.98. The van der Waals surface area contributed by atoms with Crippen LogP contribution in [0.4, 0.5) is 5.69 Å². The molecule has 0 unspecified atom stereocenters. The zero-order valence-corrected chi connectivity index (χ0v) is 11.5. The molecule has 1 aromatic carbocycles. The molecule has 1 aromatic rings. The van der Waals surface area contributed by atoms with Gasteiger partial charge in [0.2, 0.25) is 5.54 Å². The Balaban J connectivity index is 3.30. The third-order valence-electron chi connectivity index (χ3n) is 4.23. The predicted octanol–water partition coefficient (Wildman–Crippen LogP) is 3.32. The van der Waals surface area contributed by atoms with E-state index < -0.39 is 15.9 Å². The van der Waals surface area contributed by atoms with Gasteiger partial charge in [-0.2, -0.15) is 0 Å². The van der Waals surface area contributed by atoms with Crippen molar-refractivity contribution in [2.75, 3.05) is 0 Å². The topological polar surface area (TPSA) is 86.3 Å². The minimum atomic E-state index is -1.15. The third-order valence-corrected chi connectivity index (χ3v) is 4.23. The second-order valence-electron chi connectivity index (χ2n) is 5.31. The molecule has 0 fully saturated rings. The summed E-state index contributed by atoms with van der Waals surface area (Å²) < 4.78 is 0. The minimum Gasteiger partial charge on any atom is -0.264 e. The van der Waals surface area contributed by atoms with Crippen molar-refractivity contribution in [1.29, 1.82) is 0 Å². The van der Waals surface area contributed by atoms with E-state index in [2.05, 4.69) is 0 Å². The van der Waals surface area contributed by atoms with Crippen molar-refractivity contribution in [2.45, 2.75) is 45.1 Å². The Morgan fingerprint density at radius 3 is 1.84 bits per heavy atom. The molecule has 0 amide bonds. The Morgan fingerprint density at radius 1 is 1.05 bits per heavy atom. The van der Waals surface area contributed by atoms with Gasteiger partial charge in [0.05, 0.1) is 10.3 Å². The van der Waals surface area contributed by atoms with Crippen molar-refractivity contribution >= 4 is 5.69 Å². The fourth-order valence-electron chi connectivity index (χ4n) is 2.14. The van der Waals surface area contributed by atoms with Crippen molar-refractivity contribution in [3.05, 3.63) is 50.1 Å².